The van der Waals surface area contributed by atoms with Crippen LogP contribution < -0.4 is 10.6 Å². The van der Waals surface area contributed by atoms with E-state index >= 15 is 0 Å². The van der Waals surface area contributed by atoms with Gasteiger partial charge in [0.05, 0.1) is 5.69 Å². The molecule has 2 heterocycles. The molecule has 64 valence electrons. The van der Waals surface area contributed by atoms with Crippen LogP contribution in [0.1, 0.15) is 13.8 Å². The van der Waals surface area contributed by atoms with Crippen LogP contribution in [0.4, 0.5) is 11.5 Å². The van der Waals surface area contributed by atoms with E-state index in [0.29, 0.717) is 12.1 Å². The molecule has 0 unspecified atom stereocenters. The predicted molar refractivity (Wildman–Crippen MR) is 50.4 cm³/mol. The molecule has 1 aliphatic rings. The normalized spacial score (nSPS) is 26.8. The summed E-state index contributed by atoms with van der Waals surface area (Å²) < 4.78 is 0. The molecule has 0 fully saturated rings. The van der Waals surface area contributed by atoms with Crippen LogP contribution in [-0.4, -0.2) is 17.1 Å². The van der Waals surface area contributed by atoms with Crippen LogP contribution in [0.3, 0.4) is 0 Å². The summed E-state index contributed by atoms with van der Waals surface area (Å²) in [5.74, 6) is 0.961. The van der Waals surface area contributed by atoms with Gasteiger partial charge in [-0.3, -0.25) is 0 Å². The highest BCUT2D eigenvalue weighted by atomic mass is 15.1. The van der Waals surface area contributed by atoms with Crippen molar-refractivity contribution in [3.05, 3.63) is 18.3 Å². The van der Waals surface area contributed by atoms with E-state index in [1.807, 2.05) is 12.1 Å². The maximum atomic E-state index is 4.23. The average Bonchev–Trinajstić information content (AvgIpc) is 2.07. The Balaban J connectivity index is 2.34. The highest BCUT2D eigenvalue weighted by Crippen LogP contribution is 2.24. The van der Waals surface area contributed by atoms with Gasteiger partial charge in [0.25, 0.3) is 0 Å². The SMILES string of the molecule is C[C@@H]1Nc2cccnc2N[C@@H]1C. The lowest BCUT2D eigenvalue weighted by Crippen LogP contribution is -2.39. The topological polar surface area (TPSA) is 37.0 Å². The minimum absolute atomic E-state index is 0.437. The Morgan fingerprint density at radius 2 is 2.00 bits per heavy atom. The maximum Gasteiger partial charge on any atom is 0.149 e. The molecule has 0 spiro atoms. The Kier molecular flexibility index (Phi) is 1.64. The van der Waals surface area contributed by atoms with Crippen LogP contribution >= 0.6 is 0 Å². The standard InChI is InChI=1S/C9H13N3/c1-6-7(2)12-9-8(11-6)4-3-5-10-9/h3-7,11H,1-2H3,(H,10,12)/t6-,7+/m0/s1. The van der Waals surface area contributed by atoms with Gasteiger partial charge in [-0.25, -0.2) is 4.98 Å². The van der Waals surface area contributed by atoms with Crippen molar-refractivity contribution in [2.24, 2.45) is 0 Å². The summed E-state index contributed by atoms with van der Waals surface area (Å²) in [6, 6.07) is 4.88. The van der Waals surface area contributed by atoms with E-state index in [9.17, 15) is 0 Å². The molecule has 3 nitrogen and oxygen atoms in total. The fourth-order valence-electron chi connectivity index (χ4n) is 1.35. The van der Waals surface area contributed by atoms with Crippen molar-refractivity contribution in [2.45, 2.75) is 25.9 Å². The van der Waals surface area contributed by atoms with E-state index in [2.05, 4.69) is 29.5 Å². The fraction of sp³-hybridized carbons (Fsp3) is 0.444. The van der Waals surface area contributed by atoms with E-state index in [4.69, 9.17) is 0 Å². The highest BCUT2D eigenvalue weighted by Gasteiger charge is 2.19. The van der Waals surface area contributed by atoms with Gasteiger partial charge in [0.1, 0.15) is 5.82 Å². The third kappa shape index (κ3) is 1.11. The fourth-order valence-corrected chi connectivity index (χ4v) is 1.35. The number of fused-ring (bicyclic) bond motifs is 1. The summed E-state index contributed by atoms with van der Waals surface area (Å²) >= 11 is 0. The second-order valence-electron chi connectivity index (χ2n) is 3.27. The number of hydrogen-bond acceptors (Lipinski definition) is 3. The molecule has 0 aliphatic carbocycles. The molecule has 0 amide bonds. The Morgan fingerprint density at radius 3 is 2.83 bits per heavy atom. The molecule has 0 bridgehead atoms. The van der Waals surface area contributed by atoms with E-state index in [-0.39, 0.29) is 0 Å². The minimum atomic E-state index is 0.437. The molecule has 0 saturated carbocycles. The molecule has 3 heteroatoms. The lowest BCUT2D eigenvalue weighted by Gasteiger charge is -2.30. The second kappa shape index (κ2) is 2.66. The molecule has 1 aromatic rings. The second-order valence-corrected chi connectivity index (χ2v) is 3.27. The lowest BCUT2D eigenvalue weighted by atomic mass is 10.1. The van der Waals surface area contributed by atoms with Gasteiger partial charge in [0, 0.05) is 18.3 Å². The number of rotatable bonds is 0. The van der Waals surface area contributed by atoms with Gasteiger partial charge in [0.15, 0.2) is 0 Å². The molecule has 2 rings (SSSR count). The number of aromatic nitrogens is 1. The molecule has 2 atom stereocenters. The first-order valence-corrected chi connectivity index (χ1v) is 4.25. The summed E-state index contributed by atoms with van der Waals surface area (Å²) in [5.41, 5.74) is 1.10. The zero-order valence-corrected chi connectivity index (χ0v) is 7.33. The molecular weight excluding hydrogens is 150 g/mol. The van der Waals surface area contributed by atoms with Crippen molar-refractivity contribution in [3.63, 3.8) is 0 Å². The van der Waals surface area contributed by atoms with Gasteiger partial charge < -0.3 is 10.6 Å². The monoisotopic (exact) mass is 163 g/mol. The Hall–Kier alpha value is -1.25. The predicted octanol–water partition coefficient (Wildman–Crippen LogP) is 1.70. The van der Waals surface area contributed by atoms with Crippen molar-refractivity contribution < 1.29 is 0 Å². The zero-order valence-electron chi connectivity index (χ0n) is 7.33. The van der Waals surface area contributed by atoms with Crippen molar-refractivity contribution in [1.82, 2.24) is 4.98 Å². The van der Waals surface area contributed by atoms with Gasteiger partial charge >= 0.3 is 0 Å². The summed E-state index contributed by atoms with van der Waals surface area (Å²) in [4.78, 5) is 4.23. The van der Waals surface area contributed by atoms with E-state index in [1.165, 1.54) is 0 Å². The van der Waals surface area contributed by atoms with E-state index < -0.39 is 0 Å². The van der Waals surface area contributed by atoms with Gasteiger partial charge in [-0.15, -0.1) is 0 Å². The first-order chi connectivity index (χ1) is 5.77. The Morgan fingerprint density at radius 1 is 1.25 bits per heavy atom. The van der Waals surface area contributed by atoms with E-state index in [1.54, 1.807) is 6.20 Å². The first kappa shape index (κ1) is 7.40. The summed E-state index contributed by atoms with van der Waals surface area (Å²) in [7, 11) is 0. The van der Waals surface area contributed by atoms with Crippen LogP contribution in [0, 0.1) is 0 Å². The number of hydrogen-bond donors (Lipinski definition) is 2. The van der Waals surface area contributed by atoms with Crippen LogP contribution in [0.2, 0.25) is 0 Å². The molecule has 1 aliphatic heterocycles. The molecule has 12 heavy (non-hydrogen) atoms. The smallest absolute Gasteiger partial charge is 0.149 e. The minimum Gasteiger partial charge on any atom is -0.378 e. The van der Waals surface area contributed by atoms with Gasteiger partial charge in [0.2, 0.25) is 0 Å². The van der Waals surface area contributed by atoms with Crippen molar-refractivity contribution in [3.8, 4) is 0 Å². The number of nitrogens with one attached hydrogen (secondary N) is 2. The molecule has 0 saturated heterocycles. The molecule has 2 N–H and O–H groups in total. The Labute approximate surface area is 72.2 Å². The van der Waals surface area contributed by atoms with Crippen LogP contribution in [0.5, 0.6) is 0 Å². The van der Waals surface area contributed by atoms with Gasteiger partial charge in [-0.05, 0) is 26.0 Å². The van der Waals surface area contributed by atoms with Gasteiger partial charge in [-0.2, -0.15) is 0 Å². The van der Waals surface area contributed by atoms with Crippen molar-refractivity contribution in [2.75, 3.05) is 10.6 Å². The highest BCUT2D eigenvalue weighted by molar-refractivity contribution is 5.67. The maximum absolute atomic E-state index is 4.23. The molecule has 0 aromatic carbocycles. The lowest BCUT2D eigenvalue weighted by molar-refractivity contribution is 0.659. The molecule has 1 aromatic heterocycles. The van der Waals surface area contributed by atoms with Crippen LogP contribution in [0.15, 0.2) is 18.3 Å². The number of anilines is 2. The third-order valence-corrected chi connectivity index (χ3v) is 2.31. The largest absolute Gasteiger partial charge is 0.378 e. The number of pyridine rings is 1. The third-order valence-electron chi connectivity index (χ3n) is 2.31. The van der Waals surface area contributed by atoms with Crippen molar-refractivity contribution >= 4 is 11.5 Å². The summed E-state index contributed by atoms with van der Waals surface area (Å²) in [6.45, 7) is 4.31. The summed E-state index contributed by atoms with van der Waals surface area (Å²) in [5, 5.41) is 6.72. The number of nitrogens with zero attached hydrogens (tertiary/aromatic N) is 1. The van der Waals surface area contributed by atoms with E-state index in [0.717, 1.165) is 11.5 Å². The molecule has 0 radical (unpaired) electrons. The van der Waals surface area contributed by atoms with Crippen LogP contribution in [-0.2, 0) is 0 Å². The van der Waals surface area contributed by atoms with Crippen molar-refractivity contribution in [1.29, 1.82) is 0 Å². The summed E-state index contributed by atoms with van der Waals surface area (Å²) in [6.07, 6.45) is 1.80. The van der Waals surface area contributed by atoms with Gasteiger partial charge in [-0.1, -0.05) is 0 Å². The molecular formula is C9H13N3. The van der Waals surface area contributed by atoms with Crippen LogP contribution in [0.25, 0.3) is 0 Å². The Bertz CT molecular complexity index is 256. The quantitative estimate of drug-likeness (QED) is 0.611. The first-order valence-electron chi connectivity index (χ1n) is 4.25. The zero-order chi connectivity index (χ0) is 8.55. The average molecular weight is 163 g/mol.